The highest BCUT2D eigenvalue weighted by molar-refractivity contribution is 9.11. The number of carbonyl (C=O) groups is 2. The average Bonchev–Trinajstić information content (AvgIpc) is 3.02. The maximum absolute atomic E-state index is 12.0. The molecule has 110 valence electrons. The van der Waals surface area contributed by atoms with Crippen LogP contribution >= 0.6 is 27.3 Å². The minimum absolute atomic E-state index is 0.0626. The van der Waals surface area contributed by atoms with Gasteiger partial charge in [-0.2, -0.15) is 0 Å². The molecule has 0 aliphatic carbocycles. The first-order valence-electron chi connectivity index (χ1n) is 6.53. The second-order valence-electron chi connectivity index (χ2n) is 4.90. The first-order valence-corrected chi connectivity index (χ1v) is 8.14. The number of likely N-dealkylation sites (tertiary alicyclic amines) is 1. The monoisotopic (exact) mass is 360 g/mol. The first kappa shape index (κ1) is 15.3. The molecule has 0 saturated carbocycles. The fourth-order valence-corrected chi connectivity index (χ4v) is 3.72. The summed E-state index contributed by atoms with van der Waals surface area (Å²) in [6.45, 7) is 1.91. The quantitative estimate of drug-likeness (QED) is 0.847. The Labute approximate surface area is 130 Å². The van der Waals surface area contributed by atoms with Crippen molar-refractivity contribution in [1.29, 1.82) is 0 Å². The van der Waals surface area contributed by atoms with Crippen LogP contribution in [0.25, 0.3) is 0 Å². The number of urea groups is 1. The normalized spacial score (nSPS) is 18.2. The molecular weight excluding hydrogens is 344 g/mol. The average molecular weight is 361 g/mol. The van der Waals surface area contributed by atoms with E-state index in [1.165, 1.54) is 0 Å². The maximum Gasteiger partial charge on any atom is 0.317 e. The third-order valence-corrected chi connectivity index (χ3v) is 5.01. The van der Waals surface area contributed by atoms with Gasteiger partial charge in [-0.15, -0.1) is 11.3 Å². The van der Waals surface area contributed by atoms with E-state index in [1.54, 1.807) is 16.2 Å². The largest absolute Gasteiger partial charge is 0.481 e. The highest BCUT2D eigenvalue weighted by Crippen LogP contribution is 2.23. The summed E-state index contributed by atoms with van der Waals surface area (Å²) < 4.78 is 1.05. The molecule has 1 aromatic rings. The van der Waals surface area contributed by atoms with E-state index < -0.39 is 5.97 Å². The summed E-state index contributed by atoms with van der Waals surface area (Å²) in [5.74, 6) is -0.455. The van der Waals surface area contributed by atoms with E-state index in [2.05, 4.69) is 21.2 Å². The summed E-state index contributed by atoms with van der Waals surface area (Å²) in [4.78, 5) is 25.4. The zero-order valence-electron chi connectivity index (χ0n) is 11.0. The van der Waals surface area contributed by atoms with E-state index in [4.69, 9.17) is 5.11 Å². The Bertz CT molecular complexity index is 492. The lowest BCUT2D eigenvalue weighted by atomic mass is 10.0. The lowest BCUT2D eigenvalue weighted by Gasteiger charge is -2.17. The summed E-state index contributed by atoms with van der Waals surface area (Å²) in [7, 11) is 0. The van der Waals surface area contributed by atoms with Crippen LogP contribution in [0.2, 0.25) is 0 Å². The van der Waals surface area contributed by atoms with Gasteiger partial charge in [0.1, 0.15) is 0 Å². The number of halogens is 1. The molecule has 2 rings (SSSR count). The Hall–Kier alpha value is -1.08. The van der Waals surface area contributed by atoms with E-state index in [9.17, 15) is 9.59 Å². The lowest BCUT2D eigenvalue weighted by Crippen LogP contribution is -2.37. The van der Waals surface area contributed by atoms with Crippen molar-refractivity contribution in [3.05, 3.63) is 20.8 Å². The summed E-state index contributed by atoms with van der Waals surface area (Å²) in [5, 5.41) is 11.6. The number of thiophene rings is 1. The third kappa shape index (κ3) is 4.49. The van der Waals surface area contributed by atoms with Crippen LogP contribution in [0.4, 0.5) is 4.79 Å². The van der Waals surface area contributed by atoms with Gasteiger partial charge in [0.25, 0.3) is 0 Å². The van der Waals surface area contributed by atoms with E-state index in [1.807, 2.05) is 12.1 Å². The standard InChI is InChI=1S/C13H17BrN2O3S/c14-11-3-2-10(20-11)7-15-13(19)16-6-5-9(8-16)1-4-12(17)18/h2-3,9H,1,4-8H2,(H,15,19)(H,17,18). The first-order chi connectivity index (χ1) is 9.54. The Morgan fingerprint density at radius 1 is 1.50 bits per heavy atom. The van der Waals surface area contributed by atoms with Gasteiger partial charge in [0.15, 0.2) is 0 Å². The van der Waals surface area contributed by atoms with Crippen LogP contribution in [-0.4, -0.2) is 35.1 Å². The van der Waals surface area contributed by atoms with Crippen LogP contribution in [0.15, 0.2) is 15.9 Å². The molecule has 2 heterocycles. The van der Waals surface area contributed by atoms with E-state index >= 15 is 0 Å². The van der Waals surface area contributed by atoms with Crippen LogP contribution in [0, 0.1) is 5.92 Å². The van der Waals surface area contributed by atoms with Crippen LogP contribution in [0.5, 0.6) is 0 Å². The van der Waals surface area contributed by atoms with Crippen LogP contribution in [0.3, 0.4) is 0 Å². The number of hydrogen-bond donors (Lipinski definition) is 2. The fraction of sp³-hybridized carbons (Fsp3) is 0.538. The fourth-order valence-electron chi connectivity index (χ4n) is 2.30. The summed E-state index contributed by atoms with van der Waals surface area (Å²) >= 11 is 4.99. The Morgan fingerprint density at radius 2 is 2.30 bits per heavy atom. The van der Waals surface area contributed by atoms with Gasteiger partial charge in [0.2, 0.25) is 0 Å². The number of hydrogen-bond acceptors (Lipinski definition) is 3. The highest BCUT2D eigenvalue weighted by atomic mass is 79.9. The molecule has 1 saturated heterocycles. The number of rotatable bonds is 5. The molecule has 1 aliphatic rings. The zero-order valence-corrected chi connectivity index (χ0v) is 13.4. The Kier molecular flexibility index (Phi) is 5.42. The molecule has 5 nitrogen and oxygen atoms in total. The molecule has 0 bridgehead atoms. The van der Waals surface area contributed by atoms with E-state index in [0.717, 1.165) is 15.1 Å². The second-order valence-corrected chi connectivity index (χ2v) is 7.45. The van der Waals surface area contributed by atoms with Crippen molar-refractivity contribution >= 4 is 39.3 Å². The predicted molar refractivity (Wildman–Crippen MR) is 80.8 cm³/mol. The van der Waals surface area contributed by atoms with Crippen LogP contribution in [-0.2, 0) is 11.3 Å². The SMILES string of the molecule is O=C(O)CCC1CCN(C(=O)NCc2ccc(Br)s2)C1. The summed E-state index contributed by atoms with van der Waals surface area (Å²) in [5.41, 5.74) is 0. The van der Waals surface area contributed by atoms with Gasteiger partial charge in [-0.05, 0) is 46.8 Å². The molecule has 0 aromatic carbocycles. The van der Waals surface area contributed by atoms with Crippen LogP contribution in [0.1, 0.15) is 24.1 Å². The molecule has 2 amide bonds. The molecule has 1 fully saturated rings. The summed E-state index contributed by atoms with van der Waals surface area (Å²) in [6, 6.07) is 3.88. The van der Waals surface area contributed by atoms with Gasteiger partial charge < -0.3 is 15.3 Å². The molecule has 1 atom stereocenters. The Balaban J connectivity index is 1.72. The molecule has 1 aliphatic heterocycles. The van der Waals surface area contributed by atoms with Crippen molar-refractivity contribution in [2.24, 2.45) is 5.92 Å². The number of aliphatic carboxylic acids is 1. The third-order valence-electron chi connectivity index (χ3n) is 3.38. The van der Waals surface area contributed by atoms with Crippen molar-refractivity contribution in [2.75, 3.05) is 13.1 Å². The molecular formula is C13H17BrN2O3S. The summed E-state index contributed by atoms with van der Waals surface area (Å²) in [6.07, 6.45) is 1.73. The van der Waals surface area contributed by atoms with Crippen molar-refractivity contribution < 1.29 is 14.7 Å². The van der Waals surface area contributed by atoms with E-state index in [0.29, 0.717) is 32.0 Å². The van der Waals surface area contributed by atoms with Gasteiger partial charge in [0.05, 0.1) is 10.3 Å². The van der Waals surface area contributed by atoms with Gasteiger partial charge in [-0.1, -0.05) is 0 Å². The van der Waals surface area contributed by atoms with Crippen molar-refractivity contribution in [3.8, 4) is 0 Å². The molecule has 20 heavy (non-hydrogen) atoms. The molecule has 7 heteroatoms. The van der Waals surface area contributed by atoms with E-state index in [-0.39, 0.29) is 12.5 Å². The minimum atomic E-state index is -0.767. The number of nitrogens with zero attached hydrogens (tertiary/aromatic N) is 1. The second kappa shape index (κ2) is 7.08. The number of carboxylic acid groups (broad SMARTS) is 1. The highest BCUT2D eigenvalue weighted by Gasteiger charge is 2.26. The number of amides is 2. The number of carboxylic acids is 1. The molecule has 0 spiro atoms. The molecule has 1 unspecified atom stereocenters. The van der Waals surface area contributed by atoms with Gasteiger partial charge >= 0.3 is 12.0 Å². The predicted octanol–water partition coefficient (Wildman–Crippen LogP) is 2.91. The molecule has 1 aromatic heterocycles. The lowest BCUT2D eigenvalue weighted by molar-refractivity contribution is -0.137. The minimum Gasteiger partial charge on any atom is -0.481 e. The van der Waals surface area contributed by atoms with Crippen LogP contribution < -0.4 is 5.32 Å². The molecule has 0 radical (unpaired) electrons. The zero-order chi connectivity index (χ0) is 14.5. The number of carbonyl (C=O) groups excluding carboxylic acids is 1. The maximum atomic E-state index is 12.0. The van der Waals surface area contributed by atoms with Crippen molar-refractivity contribution in [2.45, 2.75) is 25.8 Å². The number of nitrogens with one attached hydrogen (secondary N) is 1. The van der Waals surface area contributed by atoms with Gasteiger partial charge in [-0.25, -0.2) is 4.79 Å². The van der Waals surface area contributed by atoms with Gasteiger partial charge in [-0.3, -0.25) is 4.79 Å². The van der Waals surface area contributed by atoms with Crippen molar-refractivity contribution in [3.63, 3.8) is 0 Å². The Morgan fingerprint density at radius 3 is 2.95 bits per heavy atom. The van der Waals surface area contributed by atoms with Crippen molar-refractivity contribution in [1.82, 2.24) is 10.2 Å². The smallest absolute Gasteiger partial charge is 0.317 e. The molecule has 2 N–H and O–H groups in total. The topological polar surface area (TPSA) is 69.6 Å². The van der Waals surface area contributed by atoms with Gasteiger partial charge in [0, 0.05) is 24.4 Å².